The second-order valence-electron chi connectivity index (χ2n) is 5.95. The average molecular weight is 254 g/mol. The monoisotopic (exact) mass is 254 g/mol. The zero-order valence-electron chi connectivity index (χ0n) is 12.4. The van der Waals surface area contributed by atoms with Crippen LogP contribution in [0, 0.1) is 17.8 Å². The SMILES string of the molecule is C=NN(CCC1CCOCC1)CCC(C)C(C)C. The zero-order chi connectivity index (χ0) is 13.4. The highest BCUT2D eigenvalue weighted by Crippen LogP contribution is 2.19. The quantitative estimate of drug-likeness (QED) is 0.490. The second-order valence-corrected chi connectivity index (χ2v) is 5.95. The van der Waals surface area contributed by atoms with Crippen LogP contribution in [0.3, 0.4) is 0 Å². The maximum Gasteiger partial charge on any atom is 0.0468 e. The van der Waals surface area contributed by atoms with E-state index in [1.807, 2.05) is 0 Å². The van der Waals surface area contributed by atoms with Crippen LogP contribution in [0.2, 0.25) is 0 Å². The normalized spacial score (nSPS) is 18.9. The molecule has 1 fully saturated rings. The number of hydrogen-bond acceptors (Lipinski definition) is 3. The minimum Gasteiger partial charge on any atom is -0.381 e. The van der Waals surface area contributed by atoms with Gasteiger partial charge in [0, 0.05) is 33.0 Å². The van der Waals surface area contributed by atoms with Crippen LogP contribution in [0.1, 0.15) is 46.5 Å². The number of rotatable bonds is 8. The molecule has 0 aliphatic carbocycles. The fourth-order valence-corrected chi connectivity index (χ4v) is 2.31. The molecule has 1 aliphatic rings. The van der Waals surface area contributed by atoms with Crippen LogP contribution >= 0.6 is 0 Å². The lowest BCUT2D eigenvalue weighted by molar-refractivity contribution is 0.0599. The molecule has 0 aromatic rings. The van der Waals surface area contributed by atoms with E-state index in [1.54, 1.807) is 0 Å². The van der Waals surface area contributed by atoms with Crippen molar-refractivity contribution in [2.75, 3.05) is 26.3 Å². The Balaban J connectivity index is 2.18. The minimum atomic E-state index is 0.757. The summed E-state index contributed by atoms with van der Waals surface area (Å²) in [5.41, 5.74) is 0. The van der Waals surface area contributed by atoms with E-state index < -0.39 is 0 Å². The molecule has 0 N–H and O–H groups in total. The molecule has 0 aromatic carbocycles. The van der Waals surface area contributed by atoms with E-state index in [-0.39, 0.29) is 0 Å². The second kappa shape index (κ2) is 8.52. The number of nitrogens with zero attached hydrogens (tertiary/aromatic N) is 2. The Morgan fingerprint density at radius 3 is 2.44 bits per heavy atom. The predicted molar refractivity (Wildman–Crippen MR) is 77.9 cm³/mol. The van der Waals surface area contributed by atoms with Gasteiger partial charge in [-0.25, -0.2) is 0 Å². The van der Waals surface area contributed by atoms with Gasteiger partial charge in [0.2, 0.25) is 0 Å². The number of ether oxygens (including phenoxy) is 1. The Bertz CT molecular complexity index is 225. The third-order valence-electron chi connectivity index (χ3n) is 4.32. The Kier molecular flexibility index (Phi) is 7.33. The standard InChI is InChI=1S/C15H30N2O/c1-13(2)14(3)5-9-17(16-4)10-6-15-7-11-18-12-8-15/h13-15H,4-12H2,1-3H3. The molecule has 18 heavy (non-hydrogen) atoms. The molecule has 0 amide bonds. The summed E-state index contributed by atoms with van der Waals surface area (Å²) >= 11 is 0. The highest BCUT2D eigenvalue weighted by Gasteiger charge is 2.15. The fraction of sp³-hybridized carbons (Fsp3) is 0.933. The summed E-state index contributed by atoms with van der Waals surface area (Å²) < 4.78 is 5.39. The molecule has 0 radical (unpaired) electrons. The van der Waals surface area contributed by atoms with Gasteiger partial charge < -0.3 is 4.74 Å². The Labute approximate surface area is 113 Å². The predicted octanol–water partition coefficient (Wildman–Crippen LogP) is 3.40. The van der Waals surface area contributed by atoms with E-state index in [9.17, 15) is 0 Å². The molecule has 0 spiro atoms. The van der Waals surface area contributed by atoms with Crippen molar-refractivity contribution in [1.82, 2.24) is 5.01 Å². The van der Waals surface area contributed by atoms with Gasteiger partial charge in [0.25, 0.3) is 0 Å². The summed E-state index contributed by atoms with van der Waals surface area (Å²) in [5, 5.41) is 6.30. The first-order valence-corrected chi connectivity index (χ1v) is 7.42. The van der Waals surface area contributed by atoms with Crippen molar-refractivity contribution in [1.29, 1.82) is 0 Å². The van der Waals surface area contributed by atoms with Gasteiger partial charge in [0.15, 0.2) is 0 Å². The van der Waals surface area contributed by atoms with Crippen molar-refractivity contribution in [2.24, 2.45) is 22.9 Å². The first-order valence-electron chi connectivity index (χ1n) is 7.42. The van der Waals surface area contributed by atoms with Crippen LogP contribution in [0.4, 0.5) is 0 Å². The fourth-order valence-electron chi connectivity index (χ4n) is 2.31. The summed E-state index contributed by atoms with van der Waals surface area (Å²) in [7, 11) is 0. The lowest BCUT2D eigenvalue weighted by atomic mass is 9.94. The average Bonchev–Trinajstić information content (AvgIpc) is 2.39. The molecule has 1 unspecified atom stereocenters. The zero-order valence-corrected chi connectivity index (χ0v) is 12.4. The molecule has 1 saturated heterocycles. The van der Waals surface area contributed by atoms with E-state index in [2.05, 4.69) is 37.6 Å². The summed E-state index contributed by atoms with van der Waals surface area (Å²) in [6, 6.07) is 0. The van der Waals surface area contributed by atoms with Crippen LogP contribution in [0.5, 0.6) is 0 Å². The van der Waals surface area contributed by atoms with Gasteiger partial charge in [-0.1, -0.05) is 20.8 Å². The molecule has 1 aliphatic heterocycles. The van der Waals surface area contributed by atoms with E-state index >= 15 is 0 Å². The Hall–Kier alpha value is -0.570. The van der Waals surface area contributed by atoms with Gasteiger partial charge in [-0.15, -0.1) is 0 Å². The molecular formula is C15H30N2O. The molecule has 0 bridgehead atoms. The number of hydrogen-bond donors (Lipinski definition) is 0. The van der Waals surface area contributed by atoms with Crippen LogP contribution in [0.25, 0.3) is 0 Å². The van der Waals surface area contributed by atoms with Gasteiger partial charge in [-0.3, -0.25) is 5.01 Å². The van der Waals surface area contributed by atoms with Gasteiger partial charge in [-0.2, -0.15) is 5.10 Å². The number of hydrazone groups is 1. The van der Waals surface area contributed by atoms with Gasteiger partial charge in [0.1, 0.15) is 0 Å². The van der Waals surface area contributed by atoms with Crippen LogP contribution in [-0.4, -0.2) is 38.0 Å². The highest BCUT2D eigenvalue weighted by molar-refractivity contribution is 5.22. The van der Waals surface area contributed by atoms with Crippen molar-refractivity contribution in [3.05, 3.63) is 0 Å². The third-order valence-corrected chi connectivity index (χ3v) is 4.32. The first-order chi connectivity index (χ1) is 8.63. The largest absolute Gasteiger partial charge is 0.381 e. The maximum atomic E-state index is 5.39. The summed E-state index contributed by atoms with van der Waals surface area (Å²) in [5.74, 6) is 2.34. The third kappa shape index (κ3) is 5.85. The van der Waals surface area contributed by atoms with E-state index in [1.165, 1.54) is 25.7 Å². The van der Waals surface area contributed by atoms with Crippen molar-refractivity contribution in [2.45, 2.75) is 46.5 Å². The van der Waals surface area contributed by atoms with Crippen molar-refractivity contribution in [3.63, 3.8) is 0 Å². The molecule has 1 rings (SSSR count). The van der Waals surface area contributed by atoms with E-state index in [0.717, 1.165) is 44.1 Å². The van der Waals surface area contributed by atoms with Crippen LogP contribution in [0.15, 0.2) is 5.10 Å². The molecule has 1 heterocycles. The molecule has 1 atom stereocenters. The summed E-state index contributed by atoms with van der Waals surface area (Å²) in [6.45, 7) is 14.6. The van der Waals surface area contributed by atoms with E-state index in [4.69, 9.17) is 4.74 Å². The Morgan fingerprint density at radius 1 is 1.22 bits per heavy atom. The first kappa shape index (κ1) is 15.5. The van der Waals surface area contributed by atoms with Gasteiger partial charge in [-0.05, 0) is 43.4 Å². The molecule has 106 valence electrons. The van der Waals surface area contributed by atoms with Crippen LogP contribution < -0.4 is 0 Å². The van der Waals surface area contributed by atoms with Crippen molar-refractivity contribution >= 4 is 6.72 Å². The van der Waals surface area contributed by atoms with Crippen molar-refractivity contribution in [3.8, 4) is 0 Å². The minimum absolute atomic E-state index is 0.757. The van der Waals surface area contributed by atoms with Gasteiger partial charge >= 0.3 is 0 Å². The van der Waals surface area contributed by atoms with Crippen molar-refractivity contribution < 1.29 is 4.74 Å². The molecule has 3 heteroatoms. The smallest absolute Gasteiger partial charge is 0.0468 e. The lowest BCUT2D eigenvalue weighted by Crippen LogP contribution is -2.26. The summed E-state index contributed by atoms with van der Waals surface area (Å²) in [6.07, 6.45) is 4.88. The molecule has 3 nitrogen and oxygen atoms in total. The maximum absolute atomic E-state index is 5.39. The highest BCUT2D eigenvalue weighted by atomic mass is 16.5. The lowest BCUT2D eigenvalue weighted by Gasteiger charge is -2.26. The topological polar surface area (TPSA) is 24.8 Å². The molecule has 0 aromatic heterocycles. The van der Waals surface area contributed by atoms with Gasteiger partial charge in [0.05, 0.1) is 0 Å². The molecule has 0 saturated carbocycles. The van der Waals surface area contributed by atoms with Crippen LogP contribution in [-0.2, 0) is 4.74 Å². The molecular weight excluding hydrogens is 224 g/mol. The Morgan fingerprint density at radius 2 is 1.89 bits per heavy atom. The van der Waals surface area contributed by atoms with E-state index in [0.29, 0.717) is 0 Å². The summed E-state index contributed by atoms with van der Waals surface area (Å²) in [4.78, 5) is 0.